The zero-order valence-corrected chi connectivity index (χ0v) is 16.5. The smallest absolute Gasteiger partial charge is 0.181 e. The molecule has 1 aromatic heterocycles. The van der Waals surface area contributed by atoms with Gasteiger partial charge in [-0.05, 0) is 72.5 Å². The zero-order chi connectivity index (χ0) is 18.9. The number of benzene rings is 2. The fourth-order valence-corrected chi connectivity index (χ4v) is 4.27. The molecule has 1 aliphatic rings. The lowest BCUT2D eigenvalue weighted by Crippen LogP contribution is -2.40. The second-order valence-electron chi connectivity index (χ2n) is 7.43. The maximum Gasteiger partial charge on any atom is 0.181 e. The van der Waals surface area contributed by atoms with E-state index in [0.29, 0.717) is 0 Å². The van der Waals surface area contributed by atoms with Crippen molar-refractivity contribution >= 4 is 17.3 Å². The minimum atomic E-state index is -0.287. The Bertz CT molecular complexity index is 906. The Balaban J connectivity index is 1.81. The van der Waals surface area contributed by atoms with Crippen molar-refractivity contribution in [1.29, 1.82) is 0 Å². The van der Waals surface area contributed by atoms with Gasteiger partial charge in [0.25, 0.3) is 0 Å². The van der Waals surface area contributed by atoms with E-state index < -0.39 is 0 Å². The first-order valence-corrected chi connectivity index (χ1v) is 9.86. The largest absolute Gasteiger partial charge is 0.373 e. The molecular formula is C21H24ClN5. The summed E-state index contributed by atoms with van der Waals surface area (Å²) in [5.74, 6) is 0.884. The van der Waals surface area contributed by atoms with Gasteiger partial charge in [-0.15, -0.1) is 5.10 Å². The lowest BCUT2D eigenvalue weighted by molar-refractivity contribution is 0.309. The van der Waals surface area contributed by atoms with Crippen LogP contribution in [0, 0.1) is 13.8 Å². The molecule has 1 saturated carbocycles. The van der Waals surface area contributed by atoms with Crippen LogP contribution in [-0.4, -0.2) is 20.2 Å². The SMILES string of the molecule is Cc1cccc(C)c1-n1nnnc1C1(Nc2ccc(Cl)cc2)CCCCC1. The van der Waals surface area contributed by atoms with E-state index >= 15 is 0 Å². The number of para-hydroxylation sites is 1. The summed E-state index contributed by atoms with van der Waals surface area (Å²) in [6, 6.07) is 14.1. The molecule has 5 nitrogen and oxygen atoms in total. The quantitative estimate of drug-likeness (QED) is 0.674. The van der Waals surface area contributed by atoms with Gasteiger partial charge in [-0.3, -0.25) is 0 Å². The summed E-state index contributed by atoms with van der Waals surface area (Å²) in [6.45, 7) is 4.21. The normalized spacial score (nSPS) is 16.3. The molecule has 1 N–H and O–H groups in total. The molecule has 1 aliphatic carbocycles. The molecule has 6 heteroatoms. The molecular weight excluding hydrogens is 358 g/mol. The summed E-state index contributed by atoms with van der Waals surface area (Å²) in [5, 5.41) is 17.4. The van der Waals surface area contributed by atoms with E-state index in [1.165, 1.54) is 17.5 Å². The van der Waals surface area contributed by atoms with Crippen LogP contribution in [0.1, 0.15) is 49.1 Å². The molecule has 1 fully saturated rings. The lowest BCUT2D eigenvalue weighted by atomic mass is 9.80. The van der Waals surface area contributed by atoms with Gasteiger partial charge < -0.3 is 5.32 Å². The first kappa shape index (κ1) is 18.0. The average Bonchev–Trinajstić information content (AvgIpc) is 3.14. The third-order valence-electron chi connectivity index (χ3n) is 5.48. The van der Waals surface area contributed by atoms with Crippen LogP contribution in [-0.2, 0) is 5.54 Å². The fourth-order valence-electron chi connectivity index (χ4n) is 4.15. The van der Waals surface area contributed by atoms with E-state index in [-0.39, 0.29) is 5.54 Å². The van der Waals surface area contributed by atoms with Crippen LogP contribution < -0.4 is 5.32 Å². The Labute approximate surface area is 164 Å². The van der Waals surface area contributed by atoms with Crippen molar-refractivity contribution in [2.45, 2.75) is 51.5 Å². The lowest BCUT2D eigenvalue weighted by Gasteiger charge is -2.38. The third-order valence-corrected chi connectivity index (χ3v) is 5.74. The number of rotatable bonds is 4. The molecule has 0 atom stereocenters. The number of anilines is 1. The summed E-state index contributed by atoms with van der Waals surface area (Å²) in [5.41, 5.74) is 4.16. The first-order valence-electron chi connectivity index (χ1n) is 9.48. The number of nitrogens with zero attached hydrogens (tertiary/aromatic N) is 4. The Kier molecular flexibility index (Phi) is 4.87. The highest BCUT2D eigenvalue weighted by atomic mass is 35.5. The van der Waals surface area contributed by atoms with E-state index in [9.17, 15) is 0 Å². The van der Waals surface area contributed by atoms with E-state index in [4.69, 9.17) is 11.6 Å². The second kappa shape index (κ2) is 7.31. The number of aryl methyl sites for hydroxylation is 2. The maximum absolute atomic E-state index is 6.06. The van der Waals surface area contributed by atoms with Crippen molar-refractivity contribution < 1.29 is 0 Å². The van der Waals surface area contributed by atoms with Gasteiger partial charge in [0, 0.05) is 10.7 Å². The molecule has 0 bridgehead atoms. The summed E-state index contributed by atoms with van der Waals surface area (Å²) in [7, 11) is 0. The van der Waals surface area contributed by atoms with Gasteiger partial charge in [0.2, 0.25) is 0 Å². The van der Waals surface area contributed by atoms with Crippen LogP contribution in [0.4, 0.5) is 5.69 Å². The predicted octanol–water partition coefficient (Wildman–Crippen LogP) is 5.20. The molecule has 0 amide bonds. The van der Waals surface area contributed by atoms with Gasteiger partial charge in [0.15, 0.2) is 5.82 Å². The minimum Gasteiger partial charge on any atom is -0.373 e. The van der Waals surface area contributed by atoms with Crippen molar-refractivity contribution in [3.8, 4) is 5.69 Å². The van der Waals surface area contributed by atoms with Gasteiger partial charge in [-0.2, -0.15) is 4.68 Å². The molecule has 0 spiro atoms. The molecule has 0 unspecified atom stereocenters. The minimum absolute atomic E-state index is 0.287. The van der Waals surface area contributed by atoms with Crippen LogP contribution in [0.2, 0.25) is 5.02 Å². The van der Waals surface area contributed by atoms with Crippen molar-refractivity contribution in [3.63, 3.8) is 0 Å². The average molecular weight is 382 g/mol. The molecule has 3 aromatic rings. The molecule has 0 saturated heterocycles. The number of hydrogen-bond acceptors (Lipinski definition) is 4. The third kappa shape index (κ3) is 3.44. The monoisotopic (exact) mass is 381 g/mol. The Morgan fingerprint density at radius 3 is 2.30 bits per heavy atom. The number of nitrogens with one attached hydrogen (secondary N) is 1. The van der Waals surface area contributed by atoms with Crippen LogP contribution in [0.25, 0.3) is 5.69 Å². The van der Waals surface area contributed by atoms with E-state index in [1.807, 2.05) is 28.9 Å². The summed E-state index contributed by atoms with van der Waals surface area (Å²) < 4.78 is 1.93. The van der Waals surface area contributed by atoms with E-state index in [2.05, 4.69) is 52.9 Å². The van der Waals surface area contributed by atoms with Gasteiger partial charge in [-0.25, -0.2) is 0 Å². The summed E-state index contributed by atoms with van der Waals surface area (Å²) >= 11 is 6.06. The molecule has 27 heavy (non-hydrogen) atoms. The Hall–Kier alpha value is -2.40. The van der Waals surface area contributed by atoms with Crippen molar-refractivity contribution in [2.75, 3.05) is 5.32 Å². The molecule has 0 radical (unpaired) electrons. The second-order valence-corrected chi connectivity index (χ2v) is 7.87. The van der Waals surface area contributed by atoms with Gasteiger partial charge in [-0.1, -0.05) is 49.1 Å². The highest BCUT2D eigenvalue weighted by Gasteiger charge is 2.39. The summed E-state index contributed by atoms with van der Waals surface area (Å²) in [6.07, 6.45) is 5.55. The van der Waals surface area contributed by atoms with Crippen molar-refractivity contribution in [1.82, 2.24) is 20.2 Å². The number of hydrogen-bond donors (Lipinski definition) is 1. The van der Waals surface area contributed by atoms with E-state index in [0.717, 1.165) is 47.9 Å². The van der Waals surface area contributed by atoms with Crippen LogP contribution >= 0.6 is 11.6 Å². The Morgan fingerprint density at radius 1 is 0.963 bits per heavy atom. The van der Waals surface area contributed by atoms with Gasteiger partial charge >= 0.3 is 0 Å². The fraction of sp³-hybridized carbons (Fsp3) is 0.381. The highest BCUT2D eigenvalue weighted by Crippen LogP contribution is 2.40. The maximum atomic E-state index is 6.06. The Morgan fingerprint density at radius 2 is 1.63 bits per heavy atom. The number of halogens is 1. The molecule has 0 aliphatic heterocycles. The van der Waals surface area contributed by atoms with E-state index in [1.54, 1.807) is 0 Å². The molecule has 140 valence electrons. The van der Waals surface area contributed by atoms with Crippen LogP contribution in [0.5, 0.6) is 0 Å². The standard InChI is InChI=1S/C21H24ClN5/c1-15-7-6-8-16(2)19(15)27-20(24-25-26-27)21(13-4-3-5-14-21)23-18-11-9-17(22)10-12-18/h6-12,23H,3-5,13-14H2,1-2H3. The topological polar surface area (TPSA) is 55.6 Å². The van der Waals surface area contributed by atoms with Crippen LogP contribution in [0.15, 0.2) is 42.5 Å². The van der Waals surface area contributed by atoms with Gasteiger partial charge in [0.05, 0.1) is 11.2 Å². The van der Waals surface area contributed by atoms with Crippen LogP contribution in [0.3, 0.4) is 0 Å². The number of aromatic nitrogens is 4. The molecule has 1 heterocycles. The summed E-state index contributed by atoms with van der Waals surface area (Å²) in [4.78, 5) is 0. The first-order chi connectivity index (χ1) is 13.1. The zero-order valence-electron chi connectivity index (χ0n) is 15.7. The molecule has 2 aromatic carbocycles. The van der Waals surface area contributed by atoms with Gasteiger partial charge in [0.1, 0.15) is 0 Å². The molecule has 4 rings (SSSR count). The predicted molar refractivity (Wildman–Crippen MR) is 108 cm³/mol. The van der Waals surface area contributed by atoms with Crippen molar-refractivity contribution in [3.05, 3.63) is 64.4 Å². The number of tetrazole rings is 1. The highest BCUT2D eigenvalue weighted by molar-refractivity contribution is 6.30. The van der Waals surface area contributed by atoms with Crippen molar-refractivity contribution in [2.24, 2.45) is 0 Å².